The Balaban J connectivity index is 1.25. The van der Waals surface area contributed by atoms with Crippen molar-refractivity contribution in [1.82, 2.24) is 5.32 Å². The highest BCUT2D eigenvalue weighted by Crippen LogP contribution is 2.52. The molecule has 0 spiro atoms. The second-order valence-corrected chi connectivity index (χ2v) is 16.4. The zero-order valence-corrected chi connectivity index (χ0v) is 33.6. The van der Waals surface area contributed by atoms with Gasteiger partial charge in [0.2, 0.25) is 11.7 Å². The van der Waals surface area contributed by atoms with Gasteiger partial charge in [-0.15, -0.1) is 0 Å². The predicted octanol–water partition coefficient (Wildman–Crippen LogP) is 2.62. The molecule has 1 aliphatic heterocycles. The average Bonchev–Trinajstić information content (AvgIpc) is 3.17. The topological polar surface area (TPSA) is 245 Å². The van der Waals surface area contributed by atoms with Crippen LogP contribution in [-0.4, -0.2) is 125 Å². The third kappa shape index (κ3) is 9.93. The van der Waals surface area contributed by atoms with Crippen LogP contribution >= 0.6 is 0 Å². The number of phenolic OH excluding ortho intramolecular Hbond substituents is 2. The van der Waals surface area contributed by atoms with Crippen molar-refractivity contribution in [2.24, 2.45) is 11.3 Å². The molecule has 3 aliphatic rings. The van der Waals surface area contributed by atoms with Gasteiger partial charge in [0.15, 0.2) is 17.9 Å². The summed E-state index contributed by atoms with van der Waals surface area (Å²) >= 11 is 0. The molecule has 1 amide bonds. The second-order valence-electron chi connectivity index (χ2n) is 16.4. The Kier molecular flexibility index (Phi) is 14.5. The molecule has 1 saturated heterocycles. The molecule has 318 valence electrons. The number of rotatable bonds is 18. The van der Waals surface area contributed by atoms with E-state index in [2.05, 4.69) is 26.1 Å². The molecule has 2 aromatic rings. The molecule has 16 nitrogen and oxygen atoms in total. The average molecular weight is 814 g/mol. The molecule has 0 aromatic heterocycles. The third-order valence-electron chi connectivity index (χ3n) is 10.9. The van der Waals surface area contributed by atoms with E-state index >= 15 is 0 Å². The normalized spacial score (nSPS) is 24.1. The van der Waals surface area contributed by atoms with Gasteiger partial charge in [0.1, 0.15) is 35.2 Å². The van der Waals surface area contributed by atoms with Crippen molar-refractivity contribution in [1.29, 1.82) is 0 Å². The molecule has 1 heterocycles. The summed E-state index contributed by atoms with van der Waals surface area (Å²) in [6.07, 6.45) is -5.29. The number of nitrogens with one attached hydrogen (secondary N) is 1. The number of carbonyl (C=O) groups excluding carboxylic acids is 5. The first-order valence-electron chi connectivity index (χ1n) is 19.6. The van der Waals surface area contributed by atoms with Gasteiger partial charge >= 0.3 is 0 Å². The van der Waals surface area contributed by atoms with Gasteiger partial charge in [-0.25, -0.2) is 0 Å². The SMILES string of the molecule is COc1cccc2c1C(=O)c1c(O)c3c(c(O)c1C2=O)C[C@@](O)(C(=O)CO)C[C@@H]3O[C@H]1C[C@H](CC(=O)CCC(=O)NCCOCCOCCC(C)(C)C)[C@H](O)[C@H](C)O1. The molecule has 0 unspecified atom stereocenters. The Bertz CT molecular complexity index is 1890. The summed E-state index contributed by atoms with van der Waals surface area (Å²) in [5, 5.41) is 58.4. The minimum atomic E-state index is -2.34. The van der Waals surface area contributed by atoms with Gasteiger partial charge in [0.05, 0.1) is 61.9 Å². The van der Waals surface area contributed by atoms with E-state index in [1.165, 1.54) is 25.3 Å². The van der Waals surface area contributed by atoms with E-state index in [9.17, 15) is 49.5 Å². The Hall–Kier alpha value is -4.29. The molecule has 1 fully saturated rings. The van der Waals surface area contributed by atoms with E-state index in [1.54, 1.807) is 6.92 Å². The largest absolute Gasteiger partial charge is 0.507 e. The summed E-state index contributed by atoms with van der Waals surface area (Å²) in [6.45, 7) is 8.91. The van der Waals surface area contributed by atoms with E-state index in [1.807, 2.05) is 0 Å². The monoisotopic (exact) mass is 813 g/mol. The zero-order chi connectivity index (χ0) is 42.5. The van der Waals surface area contributed by atoms with Crippen molar-refractivity contribution in [2.75, 3.05) is 46.7 Å². The molecular weight excluding hydrogens is 758 g/mol. The summed E-state index contributed by atoms with van der Waals surface area (Å²) in [4.78, 5) is 66.1. The highest BCUT2D eigenvalue weighted by Gasteiger charge is 2.50. The number of aliphatic hydroxyl groups is 3. The first-order chi connectivity index (χ1) is 27.4. The number of carbonyl (C=O) groups is 5. The van der Waals surface area contributed by atoms with Crippen molar-refractivity contribution in [2.45, 2.75) is 103 Å². The summed E-state index contributed by atoms with van der Waals surface area (Å²) in [5.41, 5.74) is -3.83. The number of ketones is 4. The van der Waals surface area contributed by atoms with Crippen molar-refractivity contribution >= 4 is 29.0 Å². The lowest BCUT2D eigenvalue weighted by molar-refractivity contribution is -0.257. The molecule has 0 bridgehead atoms. The maximum atomic E-state index is 13.9. The Morgan fingerprint density at radius 1 is 0.966 bits per heavy atom. The summed E-state index contributed by atoms with van der Waals surface area (Å²) < 4.78 is 28.5. The van der Waals surface area contributed by atoms with E-state index in [4.69, 9.17) is 23.7 Å². The van der Waals surface area contributed by atoms with Crippen LogP contribution in [0.1, 0.15) is 115 Å². The lowest BCUT2D eigenvalue weighted by atomic mass is 9.72. The maximum absolute atomic E-state index is 13.9. The van der Waals surface area contributed by atoms with Crippen LogP contribution in [0.2, 0.25) is 0 Å². The summed E-state index contributed by atoms with van der Waals surface area (Å²) in [5.74, 6) is -5.40. The highest BCUT2D eigenvalue weighted by atomic mass is 16.7. The van der Waals surface area contributed by atoms with Gasteiger partial charge < -0.3 is 54.5 Å². The molecule has 2 aliphatic carbocycles. The fraction of sp³-hybridized carbons (Fsp3) is 0.595. The van der Waals surface area contributed by atoms with Crippen LogP contribution in [0.25, 0.3) is 0 Å². The van der Waals surface area contributed by atoms with Crippen molar-refractivity contribution in [3.8, 4) is 17.2 Å². The lowest BCUT2D eigenvalue weighted by Gasteiger charge is -2.42. The number of phenols is 2. The number of methoxy groups -OCH3 is 1. The van der Waals surface area contributed by atoms with Gasteiger partial charge in [-0.05, 0) is 30.7 Å². The number of Topliss-reactive ketones (excluding diaryl/α,β-unsaturated/α-hetero) is 2. The van der Waals surface area contributed by atoms with Crippen LogP contribution in [-0.2, 0) is 39.8 Å². The molecule has 0 radical (unpaired) electrons. The second kappa shape index (κ2) is 18.7. The number of fused-ring (bicyclic) bond motifs is 3. The van der Waals surface area contributed by atoms with Crippen LogP contribution in [0.4, 0.5) is 0 Å². The van der Waals surface area contributed by atoms with Crippen molar-refractivity contribution in [3.63, 3.8) is 0 Å². The molecule has 5 rings (SSSR count). The number of hydrogen-bond acceptors (Lipinski definition) is 15. The smallest absolute Gasteiger partial charge is 0.220 e. The van der Waals surface area contributed by atoms with Crippen LogP contribution in [0, 0.1) is 11.3 Å². The number of benzene rings is 2. The predicted molar refractivity (Wildman–Crippen MR) is 205 cm³/mol. The van der Waals surface area contributed by atoms with Gasteiger partial charge in [0.25, 0.3) is 0 Å². The minimum absolute atomic E-state index is 0.0620. The molecule has 2 aromatic carbocycles. The number of amides is 1. The quantitative estimate of drug-likeness (QED) is 0.0799. The molecule has 58 heavy (non-hydrogen) atoms. The van der Waals surface area contributed by atoms with Gasteiger partial charge in [-0.2, -0.15) is 0 Å². The Morgan fingerprint density at radius 3 is 2.33 bits per heavy atom. The molecule has 6 N–H and O–H groups in total. The van der Waals surface area contributed by atoms with Crippen LogP contribution in [0.5, 0.6) is 17.2 Å². The summed E-state index contributed by atoms with van der Waals surface area (Å²) in [6, 6.07) is 4.32. The van der Waals surface area contributed by atoms with Crippen molar-refractivity contribution in [3.05, 3.63) is 51.6 Å². The van der Waals surface area contributed by atoms with Crippen LogP contribution < -0.4 is 10.1 Å². The van der Waals surface area contributed by atoms with Crippen LogP contribution in [0.15, 0.2) is 18.2 Å². The molecule has 0 saturated carbocycles. The zero-order valence-electron chi connectivity index (χ0n) is 33.6. The van der Waals surface area contributed by atoms with Gasteiger partial charge in [-0.1, -0.05) is 32.9 Å². The van der Waals surface area contributed by atoms with E-state index in [0.29, 0.717) is 19.8 Å². The van der Waals surface area contributed by atoms with Gasteiger partial charge in [0, 0.05) is 68.4 Å². The molecule has 16 heteroatoms. The first kappa shape index (κ1) is 44.8. The Labute approximate surface area is 336 Å². The maximum Gasteiger partial charge on any atom is 0.220 e. The number of aromatic hydroxyl groups is 2. The van der Waals surface area contributed by atoms with E-state index in [0.717, 1.165) is 6.42 Å². The van der Waals surface area contributed by atoms with Gasteiger partial charge in [-0.3, -0.25) is 24.0 Å². The molecular formula is C42H55NO15. The molecule has 6 atom stereocenters. The lowest BCUT2D eigenvalue weighted by Crippen LogP contribution is -2.49. The fourth-order valence-electron chi connectivity index (χ4n) is 7.71. The highest BCUT2D eigenvalue weighted by molar-refractivity contribution is 6.31. The standard InChI is InChI=1S/C42H55NO15/c1-22-36(48)23(17-24(45)9-10-30(47)43-12-14-56-16-15-55-13-11-41(2,3)4)18-31(57-22)58-28-20-42(53,29(46)21-44)19-26-33(28)40(52)35-34(38(26)50)37(49)25-7-6-8-27(54-5)32(25)39(35)51/h6-8,22-23,28,31,36,44,48,50,52-53H,9-21H2,1-5H3,(H,43,47)/t22-,23-,28-,31-,36+,42-/m0/s1. The minimum Gasteiger partial charge on any atom is -0.507 e. The first-order valence-corrected chi connectivity index (χ1v) is 19.6. The van der Waals surface area contributed by atoms with Crippen LogP contribution in [0.3, 0.4) is 0 Å². The van der Waals surface area contributed by atoms with Crippen molar-refractivity contribution < 1.29 is 73.2 Å². The number of ether oxygens (including phenoxy) is 5. The Morgan fingerprint density at radius 2 is 1.66 bits per heavy atom. The summed E-state index contributed by atoms with van der Waals surface area (Å²) in [7, 11) is 1.31. The third-order valence-corrected chi connectivity index (χ3v) is 10.9. The fourth-order valence-corrected chi connectivity index (χ4v) is 7.71. The number of aliphatic hydroxyl groups excluding tert-OH is 2. The van der Waals surface area contributed by atoms with E-state index in [-0.39, 0.29) is 83.9 Å². The number of hydrogen-bond donors (Lipinski definition) is 6. The van der Waals surface area contributed by atoms with E-state index < -0.39 is 95.5 Å².